The van der Waals surface area contributed by atoms with Crippen LogP contribution < -0.4 is 10.9 Å². The molecule has 144 valence electrons. The number of H-pyrrole nitrogens is 1. The van der Waals surface area contributed by atoms with Crippen molar-refractivity contribution in [2.75, 3.05) is 6.61 Å². The standard InChI is InChI=1S/C23H24N2O3/c1-2-5-14-6-3-4-7-18(14)21-11-16-9-8-15(10-19(16)23(28)25-21)20-12-17(13-26)24-22(20)27/h3-4,6-11,17,20,26H,2,5,12-13H2,1H3,(H,24,27)(H,25,28)/t17?,20-/m1/s1. The molecule has 2 aromatic carbocycles. The molecule has 2 atom stereocenters. The minimum atomic E-state index is -0.328. The van der Waals surface area contributed by atoms with Crippen LogP contribution in [0.4, 0.5) is 0 Å². The number of aryl methyl sites for hydroxylation is 1. The van der Waals surface area contributed by atoms with Gasteiger partial charge in [-0.15, -0.1) is 0 Å². The molecule has 0 radical (unpaired) electrons. The molecule has 5 nitrogen and oxygen atoms in total. The zero-order valence-electron chi connectivity index (χ0n) is 15.9. The summed E-state index contributed by atoms with van der Waals surface area (Å²) in [5.74, 6) is -0.425. The van der Waals surface area contributed by atoms with Crippen molar-refractivity contribution in [1.82, 2.24) is 10.3 Å². The molecule has 5 heteroatoms. The van der Waals surface area contributed by atoms with E-state index in [-0.39, 0.29) is 30.0 Å². The van der Waals surface area contributed by atoms with E-state index in [1.54, 1.807) is 6.07 Å². The molecule has 28 heavy (non-hydrogen) atoms. The first-order chi connectivity index (χ1) is 13.6. The largest absolute Gasteiger partial charge is 0.394 e. The molecule has 1 unspecified atom stereocenters. The summed E-state index contributed by atoms with van der Waals surface area (Å²) in [6, 6.07) is 15.5. The Balaban J connectivity index is 1.76. The number of carbonyl (C=O) groups excluding carboxylic acids is 1. The van der Waals surface area contributed by atoms with E-state index in [2.05, 4.69) is 23.3 Å². The fourth-order valence-electron chi connectivity index (χ4n) is 4.07. The minimum absolute atomic E-state index is 0.0725. The van der Waals surface area contributed by atoms with Crippen molar-refractivity contribution in [3.05, 3.63) is 70.0 Å². The molecule has 3 N–H and O–H groups in total. The van der Waals surface area contributed by atoms with Gasteiger partial charge in [0.25, 0.3) is 5.56 Å². The van der Waals surface area contributed by atoms with E-state index >= 15 is 0 Å². The SMILES string of the molecule is CCCc1ccccc1-c1cc2ccc([C@H]3CC(CO)NC3=O)cc2c(=O)[nH]1. The fourth-order valence-corrected chi connectivity index (χ4v) is 4.07. The monoisotopic (exact) mass is 376 g/mol. The van der Waals surface area contributed by atoms with Gasteiger partial charge < -0.3 is 15.4 Å². The summed E-state index contributed by atoms with van der Waals surface area (Å²) in [6.45, 7) is 2.07. The lowest BCUT2D eigenvalue weighted by atomic mass is 9.93. The number of hydrogen-bond donors (Lipinski definition) is 3. The lowest BCUT2D eigenvalue weighted by Gasteiger charge is -2.12. The van der Waals surface area contributed by atoms with Crippen molar-refractivity contribution in [1.29, 1.82) is 0 Å². The molecule has 2 heterocycles. The summed E-state index contributed by atoms with van der Waals surface area (Å²) in [6.07, 6.45) is 2.54. The Bertz CT molecular complexity index is 1090. The maximum Gasteiger partial charge on any atom is 0.256 e. The van der Waals surface area contributed by atoms with Gasteiger partial charge in [0.1, 0.15) is 0 Å². The maximum atomic E-state index is 12.8. The Morgan fingerprint density at radius 2 is 1.93 bits per heavy atom. The second-order valence-electron chi connectivity index (χ2n) is 7.44. The van der Waals surface area contributed by atoms with Gasteiger partial charge in [0.05, 0.1) is 18.6 Å². The molecular formula is C23H24N2O3. The average Bonchev–Trinajstić information content (AvgIpc) is 3.09. The minimum Gasteiger partial charge on any atom is -0.394 e. The van der Waals surface area contributed by atoms with Gasteiger partial charge in [-0.05, 0) is 41.5 Å². The maximum absolute atomic E-state index is 12.8. The number of carbonyl (C=O) groups is 1. The Morgan fingerprint density at radius 3 is 2.68 bits per heavy atom. The Morgan fingerprint density at radius 1 is 1.11 bits per heavy atom. The third-order valence-corrected chi connectivity index (χ3v) is 5.50. The van der Waals surface area contributed by atoms with Crippen LogP contribution in [0.5, 0.6) is 0 Å². The predicted octanol–water partition coefficient (Wildman–Crippen LogP) is 3.11. The topological polar surface area (TPSA) is 82.2 Å². The van der Waals surface area contributed by atoms with Crippen LogP contribution in [0.15, 0.2) is 53.3 Å². The number of amides is 1. The highest BCUT2D eigenvalue weighted by molar-refractivity contribution is 5.90. The van der Waals surface area contributed by atoms with Crippen LogP contribution in [-0.4, -0.2) is 28.6 Å². The molecule has 4 rings (SSSR count). The normalized spacial score (nSPS) is 19.1. The molecule has 0 aliphatic carbocycles. The van der Waals surface area contributed by atoms with Gasteiger partial charge in [-0.25, -0.2) is 0 Å². The van der Waals surface area contributed by atoms with Gasteiger partial charge in [0.15, 0.2) is 0 Å². The van der Waals surface area contributed by atoms with Crippen LogP contribution in [0.2, 0.25) is 0 Å². The summed E-state index contributed by atoms with van der Waals surface area (Å²) in [5.41, 5.74) is 3.74. The van der Waals surface area contributed by atoms with Crippen LogP contribution in [0, 0.1) is 0 Å². The fraction of sp³-hybridized carbons (Fsp3) is 0.304. The van der Waals surface area contributed by atoms with E-state index in [0.29, 0.717) is 11.8 Å². The van der Waals surface area contributed by atoms with Crippen molar-refractivity contribution in [3.8, 4) is 11.3 Å². The lowest BCUT2D eigenvalue weighted by molar-refractivity contribution is -0.120. The van der Waals surface area contributed by atoms with Crippen molar-refractivity contribution in [2.24, 2.45) is 0 Å². The summed E-state index contributed by atoms with van der Waals surface area (Å²) >= 11 is 0. The number of benzene rings is 2. The first kappa shape index (κ1) is 18.4. The molecule has 0 saturated carbocycles. The first-order valence-corrected chi connectivity index (χ1v) is 9.77. The smallest absolute Gasteiger partial charge is 0.256 e. The van der Waals surface area contributed by atoms with Crippen LogP contribution in [-0.2, 0) is 11.2 Å². The molecule has 3 aromatic rings. The summed E-state index contributed by atoms with van der Waals surface area (Å²) in [7, 11) is 0. The molecule has 1 aliphatic rings. The van der Waals surface area contributed by atoms with Gasteiger partial charge in [-0.1, -0.05) is 49.7 Å². The van der Waals surface area contributed by atoms with Gasteiger partial charge in [0.2, 0.25) is 5.91 Å². The first-order valence-electron chi connectivity index (χ1n) is 9.77. The van der Waals surface area contributed by atoms with Crippen molar-refractivity contribution in [2.45, 2.75) is 38.1 Å². The second kappa shape index (κ2) is 7.60. The highest BCUT2D eigenvalue weighted by Crippen LogP contribution is 2.30. The number of aliphatic hydroxyl groups is 1. The third kappa shape index (κ3) is 3.34. The van der Waals surface area contributed by atoms with Crippen LogP contribution in [0.1, 0.15) is 36.8 Å². The Labute approximate surface area is 163 Å². The number of aliphatic hydroxyl groups excluding tert-OH is 1. The highest BCUT2D eigenvalue weighted by Gasteiger charge is 2.32. The van der Waals surface area contributed by atoms with Gasteiger partial charge in [0, 0.05) is 16.6 Å². The van der Waals surface area contributed by atoms with Crippen molar-refractivity contribution < 1.29 is 9.90 Å². The van der Waals surface area contributed by atoms with E-state index in [1.807, 2.05) is 36.4 Å². The molecule has 1 aromatic heterocycles. The Hall–Kier alpha value is -2.92. The molecule has 1 amide bonds. The molecule has 0 bridgehead atoms. The number of aromatic amines is 1. The van der Waals surface area contributed by atoms with E-state index in [0.717, 1.165) is 35.0 Å². The van der Waals surface area contributed by atoms with Gasteiger partial charge in [-0.2, -0.15) is 0 Å². The Kier molecular flexibility index (Phi) is 5.01. The van der Waals surface area contributed by atoms with E-state index in [1.165, 1.54) is 5.56 Å². The summed E-state index contributed by atoms with van der Waals surface area (Å²) < 4.78 is 0. The molecule has 1 aliphatic heterocycles. The quantitative estimate of drug-likeness (QED) is 0.640. The molecular weight excluding hydrogens is 352 g/mol. The zero-order valence-corrected chi connectivity index (χ0v) is 15.9. The van der Waals surface area contributed by atoms with Gasteiger partial charge in [-0.3, -0.25) is 9.59 Å². The van der Waals surface area contributed by atoms with Crippen LogP contribution in [0.25, 0.3) is 22.0 Å². The highest BCUT2D eigenvalue weighted by atomic mass is 16.3. The van der Waals surface area contributed by atoms with Gasteiger partial charge >= 0.3 is 0 Å². The van der Waals surface area contributed by atoms with E-state index in [9.17, 15) is 14.7 Å². The number of aromatic nitrogens is 1. The summed E-state index contributed by atoms with van der Waals surface area (Å²) in [4.78, 5) is 28.0. The summed E-state index contributed by atoms with van der Waals surface area (Å²) in [5, 5.41) is 13.5. The third-order valence-electron chi connectivity index (χ3n) is 5.50. The van der Waals surface area contributed by atoms with Crippen LogP contribution >= 0.6 is 0 Å². The molecule has 1 fully saturated rings. The van der Waals surface area contributed by atoms with Crippen molar-refractivity contribution in [3.63, 3.8) is 0 Å². The number of hydrogen-bond acceptors (Lipinski definition) is 3. The van der Waals surface area contributed by atoms with Crippen LogP contribution in [0.3, 0.4) is 0 Å². The number of fused-ring (bicyclic) bond motifs is 1. The average molecular weight is 376 g/mol. The molecule has 1 saturated heterocycles. The molecule has 0 spiro atoms. The number of rotatable bonds is 5. The number of pyridine rings is 1. The van der Waals surface area contributed by atoms with Crippen molar-refractivity contribution >= 4 is 16.7 Å². The predicted molar refractivity (Wildman–Crippen MR) is 110 cm³/mol. The zero-order chi connectivity index (χ0) is 19.7. The lowest BCUT2D eigenvalue weighted by Crippen LogP contribution is -2.28. The van der Waals surface area contributed by atoms with E-state index < -0.39 is 0 Å². The van der Waals surface area contributed by atoms with E-state index in [4.69, 9.17) is 0 Å². The number of nitrogens with one attached hydrogen (secondary N) is 2. The second-order valence-corrected chi connectivity index (χ2v) is 7.44.